The van der Waals surface area contributed by atoms with Gasteiger partial charge in [-0.3, -0.25) is 0 Å². The van der Waals surface area contributed by atoms with Crippen molar-refractivity contribution in [1.29, 1.82) is 0 Å². The van der Waals surface area contributed by atoms with E-state index in [2.05, 4.69) is 13.8 Å². The van der Waals surface area contributed by atoms with Crippen LogP contribution in [0.15, 0.2) is 76.5 Å². The van der Waals surface area contributed by atoms with Crippen molar-refractivity contribution in [1.82, 2.24) is 0 Å². The van der Waals surface area contributed by atoms with Gasteiger partial charge >= 0.3 is 0 Å². The number of nitrogens with zero attached hydrogens (tertiary/aromatic N) is 2. The lowest BCUT2D eigenvalue weighted by atomic mass is 9.68. The zero-order valence-corrected chi connectivity index (χ0v) is 34.6. The van der Waals surface area contributed by atoms with Crippen LogP contribution in [-0.4, -0.2) is 109 Å². The molecule has 4 heterocycles. The molecule has 0 saturated carbocycles. The molecule has 0 unspecified atom stereocenters. The van der Waals surface area contributed by atoms with Crippen molar-refractivity contribution in [3.63, 3.8) is 0 Å². The van der Waals surface area contributed by atoms with E-state index < -0.39 is 37.4 Å². The zero-order valence-electron chi connectivity index (χ0n) is 32.9. The number of aliphatic hydroxyl groups is 1. The van der Waals surface area contributed by atoms with E-state index in [1.54, 1.807) is 23.1 Å². The minimum absolute atomic E-state index is 0.00742. The Balaban J connectivity index is 0.000000438. The molecule has 3 fully saturated rings. The molecule has 3 aromatic rings. The Morgan fingerprint density at radius 2 is 1.50 bits per heavy atom. The lowest BCUT2D eigenvalue weighted by molar-refractivity contribution is -1.07. The number of fused-ring (bicyclic) bond motifs is 4. The number of benzene rings is 3. The van der Waals surface area contributed by atoms with Crippen LogP contribution in [-0.2, 0) is 20.0 Å². The maximum Gasteiger partial charge on any atom is 0.179 e. The van der Waals surface area contributed by atoms with Gasteiger partial charge in [0.1, 0.15) is 55.1 Å². The lowest BCUT2D eigenvalue weighted by Crippen LogP contribution is -3.19. The van der Waals surface area contributed by atoms with Gasteiger partial charge in [-0.1, -0.05) is 69.4 Å². The highest BCUT2D eigenvalue weighted by Gasteiger charge is 2.49. The summed E-state index contributed by atoms with van der Waals surface area (Å²) in [6, 6.07) is 19.5. The summed E-state index contributed by atoms with van der Waals surface area (Å²) in [7, 11) is -3.94. The van der Waals surface area contributed by atoms with Crippen LogP contribution < -0.4 is 14.5 Å². The molecule has 4 aliphatic rings. The van der Waals surface area contributed by atoms with Crippen molar-refractivity contribution in [2.75, 3.05) is 77.2 Å². The van der Waals surface area contributed by atoms with E-state index in [1.807, 2.05) is 62.3 Å². The van der Waals surface area contributed by atoms with Gasteiger partial charge in [0.05, 0.1) is 34.8 Å². The summed E-state index contributed by atoms with van der Waals surface area (Å²) in [6.07, 6.45) is 5.37. The van der Waals surface area contributed by atoms with Crippen molar-refractivity contribution in [2.45, 2.75) is 87.5 Å². The first-order valence-electron chi connectivity index (χ1n) is 19.8. The molecule has 2 atom stereocenters. The third kappa shape index (κ3) is 10.0. The Kier molecular flexibility index (Phi) is 13.9. The molecule has 0 radical (unpaired) electrons. The Morgan fingerprint density at radius 3 is 2.04 bits per heavy atom. The zero-order chi connectivity index (χ0) is 39.1. The molecule has 298 valence electrons. The van der Waals surface area contributed by atoms with Crippen LogP contribution in [0.5, 0.6) is 5.75 Å². The molecule has 3 aromatic carbocycles. The molecule has 2 bridgehead atoms. The fourth-order valence-electron chi connectivity index (χ4n) is 8.69. The summed E-state index contributed by atoms with van der Waals surface area (Å²) in [5, 5.41) is 12.4. The summed E-state index contributed by atoms with van der Waals surface area (Å²) < 4.78 is 66.8. The maximum absolute atomic E-state index is 14.1. The summed E-state index contributed by atoms with van der Waals surface area (Å²) in [4.78, 5) is 3.96. The Bertz CT molecular complexity index is 1870. The second-order valence-electron chi connectivity index (χ2n) is 16.1. The number of anilines is 1. The van der Waals surface area contributed by atoms with Gasteiger partial charge in [0.2, 0.25) is 0 Å². The molecule has 12 heteroatoms. The van der Waals surface area contributed by atoms with Crippen molar-refractivity contribution in [2.24, 2.45) is 5.41 Å². The van der Waals surface area contributed by atoms with Gasteiger partial charge in [-0.05, 0) is 73.4 Å². The quantitative estimate of drug-likeness (QED) is 0.136. The molecule has 4 aliphatic heterocycles. The van der Waals surface area contributed by atoms with Gasteiger partial charge in [0, 0.05) is 37.5 Å². The van der Waals surface area contributed by atoms with Crippen LogP contribution in [0.25, 0.3) is 0 Å². The summed E-state index contributed by atoms with van der Waals surface area (Å²) in [6.45, 7) is 15.8. The van der Waals surface area contributed by atoms with E-state index in [4.69, 9.17) is 4.74 Å². The number of aliphatic hydroxyl groups excluding tert-OH is 1. The van der Waals surface area contributed by atoms with E-state index in [-0.39, 0.29) is 10.6 Å². The number of piperazine rings is 3. The first kappa shape index (κ1) is 42.1. The second kappa shape index (κ2) is 17.9. The van der Waals surface area contributed by atoms with E-state index in [0.29, 0.717) is 29.9 Å². The number of ether oxygens (including phenoxy) is 1. The number of rotatable bonds is 14. The molecule has 0 spiro atoms. The summed E-state index contributed by atoms with van der Waals surface area (Å²) in [5.74, 6) is 0.385. The Morgan fingerprint density at radius 1 is 0.907 bits per heavy atom. The van der Waals surface area contributed by atoms with Crippen molar-refractivity contribution in [3.8, 4) is 5.75 Å². The van der Waals surface area contributed by atoms with Crippen LogP contribution in [0, 0.1) is 12.3 Å². The number of aryl methyl sites for hydroxylation is 1. The number of nitrogens with one attached hydrogen (secondary N) is 1. The number of sulfone groups is 1. The molecular weight excluding hydrogens is 723 g/mol. The van der Waals surface area contributed by atoms with E-state index in [0.717, 1.165) is 54.7 Å². The van der Waals surface area contributed by atoms with Gasteiger partial charge in [-0.15, -0.1) is 0 Å². The number of quaternary nitrogens is 2. The molecule has 0 amide bonds. The normalized spacial score (nSPS) is 24.1. The van der Waals surface area contributed by atoms with Gasteiger partial charge in [-0.2, -0.15) is 0 Å². The molecule has 3 saturated heterocycles. The van der Waals surface area contributed by atoms with Crippen molar-refractivity contribution in [3.05, 3.63) is 83.4 Å². The van der Waals surface area contributed by atoms with Crippen LogP contribution in [0.3, 0.4) is 0 Å². The minimum Gasteiger partial charge on any atom is -0.744 e. The second-order valence-corrected chi connectivity index (χ2v) is 19.5. The third-order valence-corrected chi connectivity index (χ3v) is 14.9. The van der Waals surface area contributed by atoms with Gasteiger partial charge in [0.25, 0.3) is 0 Å². The third-order valence-electron chi connectivity index (χ3n) is 12.1. The molecule has 0 aliphatic carbocycles. The topological polar surface area (TPSA) is 128 Å². The van der Waals surface area contributed by atoms with Crippen molar-refractivity contribution < 1.29 is 40.6 Å². The van der Waals surface area contributed by atoms with Gasteiger partial charge in [-0.25, -0.2) is 16.8 Å². The van der Waals surface area contributed by atoms with Crippen LogP contribution >= 0.6 is 0 Å². The van der Waals surface area contributed by atoms with E-state index >= 15 is 0 Å². The lowest BCUT2D eigenvalue weighted by Gasteiger charge is -2.48. The van der Waals surface area contributed by atoms with E-state index in [1.165, 1.54) is 62.4 Å². The largest absolute Gasteiger partial charge is 0.744 e. The molecule has 10 nitrogen and oxygen atoms in total. The monoisotopic (exact) mass is 784 g/mol. The predicted molar refractivity (Wildman–Crippen MR) is 213 cm³/mol. The predicted octanol–water partition coefficient (Wildman–Crippen LogP) is 4.80. The highest BCUT2D eigenvalue weighted by atomic mass is 32.2. The number of hydrogen-bond donors (Lipinski definition) is 2. The first-order chi connectivity index (χ1) is 25.6. The standard InChI is InChI=1S/C35H54N3O4S.C7H8O3S/c1-5-7-16-35(17-8-6-2)27-43(40,41)32-15-12-29(36(3)4)26-31(32)33(34(35)39)28-10-13-30(14-11-28)42-25-9-21-38-22-18-37(19-23-38)20-24-38;1-6-2-4-7(5-3-6)11(8,9)10/h10-15,26,33-34,39H,5-9,16-25,27H2,1-4H3;2-5H,1H3,(H,8,9,10)/q+1;/t33-,34-;/m1./s1. The summed E-state index contributed by atoms with van der Waals surface area (Å²) >= 11 is 0. The van der Waals surface area contributed by atoms with Gasteiger partial charge < -0.3 is 28.7 Å². The average Bonchev–Trinajstić information content (AvgIpc) is 3.22. The fourth-order valence-corrected chi connectivity index (χ4v) is 11.3. The van der Waals surface area contributed by atoms with Crippen LogP contribution in [0.4, 0.5) is 5.69 Å². The highest BCUT2D eigenvalue weighted by Crippen LogP contribution is 2.50. The van der Waals surface area contributed by atoms with E-state index in [9.17, 15) is 26.5 Å². The molecule has 2 N–H and O–H groups in total. The maximum atomic E-state index is 14.1. The van der Waals surface area contributed by atoms with Crippen LogP contribution in [0.2, 0.25) is 0 Å². The molecule has 54 heavy (non-hydrogen) atoms. The minimum atomic E-state index is -4.27. The van der Waals surface area contributed by atoms with Crippen LogP contribution in [0.1, 0.15) is 81.4 Å². The smallest absolute Gasteiger partial charge is 0.179 e. The van der Waals surface area contributed by atoms with Gasteiger partial charge in [0.15, 0.2) is 9.84 Å². The molecule has 0 aromatic heterocycles. The average molecular weight is 785 g/mol. The Hall–Kier alpha value is -3.00. The highest BCUT2D eigenvalue weighted by molar-refractivity contribution is 7.91. The SMILES string of the molecule is CCCCC1(CCCC)CS(=O)(=O)c2ccc(N(C)C)cc2[C@@H](c2ccc(OCCC[N+]34CC[NH+](CC3)CC4)cc2)[C@H]1O.Cc1ccc(S(=O)(=O)[O-])cc1. The molecule has 7 rings (SSSR count). The fraction of sp³-hybridized carbons (Fsp3) is 0.571. The summed E-state index contributed by atoms with van der Waals surface area (Å²) in [5.41, 5.74) is 2.82. The number of unbranched alkanes of at least 4 members (excludes halogenated alkanes) is 2. The number of hydrogen-bond acceptors (Lipinski definition) is 8. The van der Waals surface area contributed by atoms with Crippen molar-refractivity contribution >= 4 is 25.6 Å². The molecular formula is C42H62N3O7S2+. The Labute approximate surface area is 324 Å². The first-order valence-corrected chi connectivity index (χ1v) is 22.8.